The van der Waals surface area contributed by atoms with Crippen molar-refractivity contribution in [1.29, 1.82) is 0 Å². The Hall–Kier alpha value is -1.58. The zero-order valence-electron chi connectivity index (χ0n) is 11.0. The number of anilines is 1. The molecule has 0 amide bonds. The van der Waals surface area contributed by atoms with Gasteiger partial charge in [-0.1, -0.05) is 13.8 Å². The van der Waals surface area contributed by atoms with Gasteiger partial charge in [0.05, 0.1) is 5.39 Å². The van der Waals surface area contributed by atoms with Gasteiger partial charge in [-0.2, -0.15) is 0 Å². The first-order valence-corrected chi connectivity index (χ1v) is 6.77. The van der Waals surface area contributed by atoms with E-state index in [1.807, 2.05) is 12.3 Å². The average molecular weight is 244 g/mol. The number of hydrogen-bond acceptors (Lipinski definition) is 3. The summed E-state index contributed by atoms with van der Waals surface area (Å²) in [5.74, 6) is 2.57. The molecule has 2 aromatic heterocycles. The second kappa shape index (κ2) is 4.59. The van der Waals surface area contributed by atoms with Crippen molar-refractivity contribution in [3.8, 4) is 0 Å². The maximum Gasteiger partial charge on any atom is 0.142 e. The normalized spacial score (nSPS) is 28.4. The standard InChI is InChI=1S/C14H20N4/c1-9-5-10(2)7-11(6-9)18-14-12-3-4-15-13(12)16-8-17-14/h3-4,8-11H,5-7H2,1-2H3,(H2,15,16,17,18). The van der Waals surface area contributed by atoms with Crippen LogP contribution in [0.25, 0.3) is 11.0 Å². The minimum absolute atomic E-state index is 0.539. The van der Waals surface area contributed by atoms with E-state index < -0.39 is 0 Å². The van der Waals surface area contributed by atoms with Crippen molar-refractivity contribution in [3.63, 3.8) is 0 Å². The molecule has 1 aliphatic carbocycles. The van der Waals surface area contributed by atoms with E-state index in [0.717, 1.165) is 28.7 Å². The second-order valence-electron chi connectivity index (χ2n) is 5.72. The molecule has 0 saturated heterocycles. The Balaban J connectivity index is 1.81. The lowest BCUT2D eigenvalue weighted by molar-refractivity contribution is 0.280. The molecule has 0 bridgehead atoms. The summed E-state index contributed by atoms with van der Waals surface area (Å²) in [7, 11) is 0. The van der Waals surface area contributed by atoms with Crippen LogP contribution in [0.15, 0.2) is 18.6 Å². The smallest absolute Gasteiger partial charge is 0.142 e. The Bertz CT molecular complexity index is 523. The first-order chi connectivity index (χ1) is 8.72. The van der Waals surface area contributed by atoms with Crippen LogP contribution >= 0.6 is 0 Å². The number of aromatic amines is 1. The Morgan fingerprint density at radius 3 is 2.72 bits per heavy atom. The highest BCUT2D eigenvalue weighted by molar-refractivity contribution is 5.86. The summed E-state index contributed by atoms with van der Waals surface area (Å²) in [6, 6.07) is 2.57. The first kappa shape index (κ1) is 11.5. The molecule has 0 radical (unpaired) electrons. The highest BCUT2D eigenvalue weighted by atomic mass is 15.1. The van der Waals surface area contributed by atoms with E-state index in [1.165, 1.54) is 19.3 Å². The predicted octanol–water partition coefficient (Wildman–Crippen LogP) is 3.19. The molecule has 96 valence electrons. The average Bonchev–Trinajstić information content (AvgIpc) is 2.76. The number of hydrogen-bond donors (Lipinski definition) is 2. The van der Waals surface area contributed by atoms with Crippen molar-refractivity contribution >= 4 is 16.9 Å². The summed E-state index contributed by atoms with van der Waals surface area (Å²) < 4.78 is 0. The van der Waals surface area contributed by atoms with Crippen molar-refractivity contribution in [3.05, 3.63) is 18.6 Å². The van der Waals surface area contributed by atoms with E-state index in [9.17, 15) is 0 Å². The molecule has 2 atom stereocenters. The van der Waals surface area contributed by atoms with Crippen LogP contribution in [0.1, 0.15) is 33.1 Å². The zero-order valence-corrected chi connectivity index (χ0v) is 11.0. The molecule has 2 heterocycles. The summed E-state index contributed by atoms with van der Waals surface area (Å²) >= 11 is 0. The Kier molecular flexibility index (Phi) is 2.94. The van der Waals surface area contributed by atoms with Crippen LogP contribution in [0.5, 0.6) is 0 Å². The molecule has 0 aromatic carbocycles. The third-order valence-corrected chi connectivity index (χ3v) is 3.87. The van der Waals surface area contributed by atoms with E-state index in [-0.39, 0.29) is 0 Å². The maximum atomic E-state index is 4.38. The summed E-state index contributed by atoms with van der Waals surface area (Å²) in [6.45, 7) is 4.69. The van der Waals surface area contributed by atoms with E-state index in [0.29, 0.717) is 6.04 Å². The van der Waals surface area contributed by atoms with Crippen molar-refractivity contribution in [2.24, 2.45) is 11.8 Å². The lowest BCUT2D eigenvalue weighted by Crippen LogP contribution is -2.30. The summed E-state index contributed by atoms with van der Waals surface area (Å²) in [4.78, 5) is 11.7. The highest BCUT2D eigenvalue weighted by Gasteiger charge is 2.24. The second-order valence-corrected chi connectivity index (χ2v) is 5.72. The van der Waals surface area contributed by atoms with Gasteiger partial charge in [-0.3, -0.25) is 0 Å². The van der Waals surface area contributed by atoms with Gasteiger partial charge in [0.2, 0.25) is 0 Å². The Morgan fingerprint density at radius 1 is 1.17 bits per heavy atom. The van der Waals surface area contributed by atoms with E-state index in [2.05, 4.69) is 34.1 Å². The fourth-order valence-corrected chi connectivity index (χ4v) is 3.25. The number of rotatable bonds is 2. The molecule has 4 heteroatoms. The number of nitrogens with zero attached hydrogens (tertiary/aromatic N) is 2. The fraction of sp³-hybridized carbons (Fsp3) is 0.571. The van der Waals surface area contributed by atoms with Crippen LogP contribution in [-0.2, 0) is 0 Å². The lowest BCUT2D eigenvalue weighted by Gasteiger charge is -2.32. The molecule has 1 fully saturated rings. The lowest BCUT2D eigenvalue weighted by atomic mass is 9.80. The quantitative estimate of drug-likeness (QED) is 0.853. The van der Waals surface area contributed by atoms with Crippen molar-refractivity contribution in [2.45, 2.75) is 39.2 Å². The van der Waals surface area contributed by atoms with Gasteiger partial charge in [0.1, 0.15) is 17.8 Å². The minimum Gasteiger partial charge on any atom is -0.367 e. The molecule has 18 heavy (non-hydrogen) atoms. The van der Waals surface area contributed by atoms with E-state index in [4.69, 9.17) is 0 Å². The van der Waals surface area contributed by atoms with Gasteiger partial charge in [-0.15, -0.1) is 0 Å². The Morgan fingerprint density at radius 2 is 1.94 bits per heavy atom. The minimum atomic E-state index is 0.539. The third kappa shape index (κ3) is 2.19. The van der Waals surface area contributed by atoms with Crippen molar-refractivity contribution in [2.75, 3.05) is 5.32 Å². The SMILES string of the molecule is CC1CC(C)CC(Nc2ncnc3[nH]ccc23)C1. The van der Waals surface area contributed by atoms with Crippen LogP contribution in [0, 0.1) is 11.8 Å². The van der Waals surface area contributed by atoms with Gasteiger partial charge in [0, 0.05) is 12.2 Å². The van der Waals surface area contributed by atoms with Crippen LogP contribution < -0.4 is 5.32 Å². The maximum absolute atomic E-state index is 4.38. The van der Waals surface area contributed by atoms with Crippen LogP contribution in [-0.4, -0.2) is 21.0 Å². The molecule has 2 unspecified atom stereocenters. The van der Waals surface area contributed by atoms with Gasteiger partial charge in [0.15, 0.2) is 0 Å². The van der Waals surface area contributed by atoms with Gasteiger partial charge in [0.25, 0.3) is 0 Å². The highest BCUT2D eigenvalue weighted by Crippen LogP contribution is 2.31. The number of nitrogens with one attached hydrogen (secondary N) is 2. The molecular formula is C14H20N4. The Labute approximate surface area is 107 Å². The third-order valence-electron chi connectivity index (χ3n) is 3.87. The van der Waals surface area contributed by atoms with Gasteiger partial charge in [-0.05, 0) is 37.2 Å². The largest absolute Gasteiger partial charge is 0.367 e. The molecular weight excluding hydrogens is 224 g/mol. The summed E-state index contributed by atoms with van der Waals surface area (Å²) in [5.41, 5.74) is 0.907. The predicted molar refractivity (Wildman–Crippen MR) is 73.5 cm³/mol. The molecule has 0 spiro atoms. The molecule has 4 nitrogen and oxygen atoms in total. The zero-order chi connectivity index (χ0) is 12.5. The number of fused-ring (bicyclic) bond motifs is 1. The van der Waals surface area contributed by atoms with Crippen molar-refractivity contribution in [1.82, 2.24) is 15.0 Å². The molecule has 1 aliphatic rings. The summed E-state index contributed by atoms with van der Waals surface area (Å²) in [5, 5.41) is 4.69. The van der Waals surface area contributed by atoms with E-state index >= 15 is 0 Å². The van der Waals surface area contributed by atoms with Crippen LogP contribution in [0.4, 0.5) is 5.82 Å². The van der Waals surface area contributed by atoms with Crippen LogP contribution in [0.2, 0.25) is 0 Å². The molecule has 2 aromatic rings. The summed E-state index contributed by atoms with van der Waals surface area (Å²) in [6.07, 6.45) is 7.36. The molecule has 3 rings (SSSR count). The van der Waals surface area contributed by atoms with Crippen molar-refractivity contribution < 1.29 is 0 Å². The van der Waals surface area contributed by atoms with E-state index in [1.54, 1.807) is 6.33 Å². The topological polar surface area (TPSA) is 53.6 Å². The van der Waals surface area contributed by atoms with Gasteiger partial charge >= 0.3 is 0 Å². The monoisotopic (exact) mass is 244 g/mol. The van der Waals surface area contributed by atoms with Gasteiger partial charge in [-0.25, -0.2) is 9.97 Å². The number of H-pyrrole nitrogens is 1. The van der Waals surface area contributed by atoms with Crippen LogP contribution in [0.3, 0.4) is 0 Å². The fourth-order valence-electron chi connectivity index (χ4n) is 3.25. The molecule has 2 N–H and O–H groups in total. The molecule has 1 saturated carbocycles. The molecule has 0 aliphatic heterocycles. The van der Waals surface area contributed by atoms with Gasteiger partial charge < -0.3 is 10.3 Å². The first-order valence-electron chi connectivity index (χ1n) is 6.77. The number of aromatic nitrogens is 3.